The van der Waals surface area contributed by atoms with E-state index in [0.29, 0.717) is 25.5 Å². The molecule has 0 unspecified atom stereocenters. The van der Waals surface area contributed by atoms with Crippen molar-refractivity contribution in [3.8, 4) is 6.19 Å². The highest BCUT2D eigenvalue weighted by Crippen LogP contribution is 2.22. The standard InChI is InChI=1S/C21H25FN4/c1-21(2,3)18-9-7-17(8-10-18)14-25-20(26-15-23)24-12-11-16-5-4-6-19(22)13-16/h4-10,13H,11-12,14H2,1-3H3,(H2,24,25,26). The number of aliphatic imine (C=N–C) groups is 1. The number of hydrogen-bond donors (Lipinski definition) is 2. The Balaban J connectivity index is 1.92. The van der Waals surface area contributed by atoms with Gasteiger partial charge in [0.05, 0.1) is 6.54 Å². The van der Waals surface area contributed by atoms with Gasteiger partial charge in [0.1, 0.15) is 5.82 Å². The molecule has 0 saturated carbocycles. The van der Waals surface area contributed by atoms with Gasteiger partial charge in [-0.3, -0.25) is 5.32 Å². The Kier molecular flexibility index (Phi) is 6.74. The van der Waals surface area contributed by atoms with Crippen molar-refractivity contribution in [2.45, 2.75) is 39.2 Å². The average Bonchev–Trinajstić information content (AvgIpc) is 2.59. The number of hydrogen-bond acceptors (Lipinski definition) is 2. The number of halogens is 1. The topological polar surface area (TPSA) is 60.2 Å². The molecule has 0 heterocycles. The zero-order chi connectivity index (χ0) is 19.0. The van der Waals surface area contributed by atoms with Crippen LogP contribution in [0, 0.1) is 17.3 Å². The van der Waals surface area contributed by atoms with E-state index in [-0.39, 0.29) is 11.2 Å². The Morgan fingerprint density at radius 1 is 1.12 bits per heavy atom. The van der Waals surface area contributed by atoms with Gasteiger partial charge in [-0.05, 0) is 40.7 Å². The van der Waals surface area contributed by atoms with Crippen LogP contribution in [0.4, 0.5) is 4.39 Å². The number of nitrogens with one attached hydrogen (secondary N) is 2. The summed E-state index contributed by atoms with van der Waals surface area (Å²) in [5.74, 6) is 0.175. The maximum absolute atomic E-state index is 13.2. The van der Waals surface area contributed by atoms with Gasteiger partial charge in [-0.25, -0.2) is 9.38 Å². The molecule has 2 N–H and O–H groups in total. The van der Waals surface area contributed by atoms with Crippen LogP contribution < -0.4 is 10.6 Å². The van der Waals surface area contributed by atoms with Gasteiger partial charge in [-0.15, -0.1) is 0 Å². The van der Waals surface area contributed by atoms with Crippen LogP contribution in [0.3, 0.4) is 0 Å². The van der Waals surface area contributed by atoms with Gasteiger partial charge in [0, 0.05) is 6.54 Å². The molecule has 0 aliphatic carbocycles. The van der Waals surface area contributed by atoms with E-state index in [1.807, 2.05) is 12.3 Å². The SMILES string of the molecule is CC(C)(C)c1ccc(CN=C(NC#N)NCCc2cccc(F)c2)cc1. The first-order chi connectivity index (χ1) is 12.4. The number of nitriles is 1. The molecule has 0 fully saturated rings. The second-order valence-electron chi connectivity index (χ2n) is 7.16. The largest absolute Gasteiger partial charge is 0.355 e. The molecule has 4 nitrogen and oxygen atoms in total. The molecule has 0 aliphatic heterocycles. The van der Waals surface area contributed by atoms with Crippen molar-refractivity contribution in [1.29, 1.82) is 5.26 Å². The molecule has 2 rings (SSSR count). The van der Waals surface area contributed by atoms with Gasteiger partial charge >= 0.3 is 0 Å². The van der Waals surface area contributed by atoms with Crippen LogP contribution >= 0.6 is 0 Å². The minimum absolute atomic E-state index is 0.119. The van der Waals surface area contributed by atoms with E-state index in [9.17, 15) is 4.39 Å². The molecular weight excluding hydrogens is 327 g/mol. The van der Waals surface area contributed by atoms with Crippen LogP contribution in [-0.4, -0.2) is 12.5 Å². The molecular formula is C21H25FN4. The van der Waals surface area contributed by atoms with Crippen LogP contribution in [0.2, 0.25) is 0 Å². The molecule has 0 amide bonds. The molecule has 0 aromatic heterocycles. The number of benzene rings is 2. The Bertz CT molecular complexity index is 783. The van der Waals surface area contributed by atoms with E-state index in [1.165, 1.54) is 17.7 Å². The number of nitrogens with zero attached hydrogens (tertiary/aromatic N) is 2. The summed E-state index contributed by atoms with van der Waals surface area (Å²) in [7, 11) is 0. The molecule has 0 aliphatic rings. The predicted octanol–water partition coefficient (Wildman–Crippen LogP) is 3.88. The zero-order valence-electron chi connectivity index (χ0n) is 15.5. The van der Waals surface area contributed by atoms with E-state index in [4.69, 9.17) is 5.26 Å². The molecule has 0 bridgehead atoms. The van der Waals surface area contributed by atoms with E-state index in [0.717, 1.165) is 11.1 Å². The first-order valence-electron chi connectivity index (χ1n) is 8.66. The first-order valence-corrected chi connectivity index (χ1v) is 8.66. The van der Waals surface area contributed by atoms with Crippen LogP contribution in [-0.2, 0) is 18.4 Å². The monoisotopic (exact) mass is 352 g/mol. The van der Waals surface area contributed by atoms with E-state index in [2.05, 4.69) is 60.7 Å². The summed E-state index contributed by atoms with van der Waals surface area (Å²) in [6.07, 6.45) is 2.53. The Morgan fingerprint density at radius 3 is 2.46 bits per heavy atom. The fourth-order valence-electron chi connectivity index (χ4n) is 2.49. The average molecular weight is 352 g/mol. The van der Waals surface area contributed by atoms with Crippen molar-refractivity contribution < 1.29 is 4.39 Å². The van der Waals surface area contributed by atoms with E-state index >= 15 is 0 Å². The number of guanidine groups is 1. The molecule has 136 valence electrons. The summed E-state index contributed by atoms with van der Waals surface area (Å²) in [6.45, 7) is 7.56. The van der Waals surface area contributed by atoms with Crippen molar-refractivity contribution in [2.75, 3.05) is 6.54 Å². The summed E-state index contributed by atoms with van der Waals surface area (Å²) in [5.41, 5.74) is 3.36. The summed E-state index contributed by atoms with van der Waals surface area (Å²) in [6, 6.07) is 14.8. The molecule has 2 aromatic carbocycles. The third kappa shape index (κ3) is 6.21. The second kappa shape index (κ2) is 9.00. The molecule has 0 radical (unpaired) electrons. The maximum atomic E-state index is 13.2. The summed E-state index contributed by atoms with van der Waals surface area (Å²) >= 11 is 0. The van der Waals surface area contributed by atoms with Gasteiger partial charge in [0.25, 0.3) is 0 Å². The highest BCUT2D eigenvalue weighted by atomic mass is 19.1. The van der Waals surface area contributed by atoms with Crippen LogP contribution in [0.15, 0.2) is 53.5 Å². The molecule has 0 atom stereocenters. The minimum atomic E-state index is -0.245. The lowest BCUT2D eigenvalue weighted by atomic mass is 9.87. The lowest BCUT2D eigenvalue weighted by Crippen LogP contribution is -2.35. The third-order valence-electron chi connectivity index (χ3n) is 4.01. The molecule has 26 heavy (non-hydrogen) atoms. The second-order valence-corrected chi connectivity index (χ2v) is 7.16. The lowest BCUT2D eigenvalue weighted by molar-refractivity contribution is 0.590. The minimum Gasteiger partial charge on any atom is -0.355 e. The zero-order valence-corrected chi connectivity index (χ0v) is 15.5. The fraction of sp³-hybridized carbons (Fsp3) is 0.333. The summed E-state index contributed by atoms with van der Waals surface area (Å²) in [4.78, 5) is 4.42. The van der Waals surface area contributed by atoms with Crippen LogP contribution in [0.1, 0.15) is 37.5 Å². The predicted molar refractivity (Wildman–Crippen MR) is 103 cm³/mol. The van der Waals surface area contributed by atoms with Crippen molar-refractivity contribution >= 4 is 5.96 Å². The van der Waals surface area contributed by atoms with Gasteiger partial charge in [-0.2, -0.15) is 5.26 Å². The van der Waals surface area contributed by atoms with Gasteiger partial charge in [-0.1, -0.05) is 57.2 Å². The quantitative estimate of drug-likeness (QED) is 0.371. The third-order valence-corrected chi connectivity index (χ3v) is 4.01. The van der Waals surface area contributed by atoms with Gasteiger partial charge in [0.2, 0.25) is 5.96 Å². The Labute approximate surface area is 154 Å². The van der Waals surface area contributed by atoms with Crippen molar-refractivity contribution in [1.82, 2.24) is 10.6 Å². The van der Waals surface area contributed by atoms with Crippen LogP contribution in [0.25, 0.3) is 0 Å². The van der Waals surface area contributed by atoms with Crippen molar-refractivity contribution in [3.63, 3.8) is 0 Å². The van der Waals surface area contributed by atoms with Crippen molar-refractivity contribution in [2.24, 2.45) is 4.99 Å². The fourth-order valence-corrected chi connectivity index (χ4v) is 2.49. The molecule has 0 saturated heterocycles. The molecule has 5 heteroatoms. The van der Waals surface area contributed by atoms with Crippen molar-refractivity contribution in [3.05, 3.63) is 71.0 Å². The van der Waals surface area contributed by atoms with Gasteiger partial charge < -0.3 is 5.32 Å². The maximum Gasteiger partial charge on any atom is 0.205 e. The van der Waals surface area contributed by atoms with E-state index < -0.39 is 0 Å². The van der Waals surface area contributed by atoms with E-state index in [1.54, 1.807) is 6.07 Å². The highest BCUT2D eigenvalue weighted by molar-refractivity contribution is 5.81. The Morgan fingerprint density at radius 2 is 1.85 bits per heavy atom. The number of rotatable bonds is 5. The first kappa shape index (κ1) is 19.5. The normalized spacial score (nSPS) is 11.7. The highest BCUT2D eigenvalue weighted by Gasteiger charge is 2.12. The van der Waals surface area contributed by atoms with Crippen LogP contribution in [0.5, 0.6) is 0 Å². The smallest absolute Gasteiger partial charge is 0.205 e. The summed E-state index contributed by atoms with van der Waals surface area (Å²) < 4.78 is 13.2. The van der Waals surface area contributed by atoms with Gasteiger partial charge in [0.15, 0.2) is 6.19 Å². The molecule has 2 aromatic rings. The Hall–Kier alpha value is -2.87. The summed E-state index contributed by atoms with van der Waals surface area (Å²) in [5, 5.41) is 14.5. The molecule has 0 spiro atoms. The lowest BCUT2D eigenvalue weighted by Gasteiger charge is -2.19.